The van der Waals surface area contributed by atoms with E-state index in [1.165, 1.54) is 0 Å². The highest BCUT2D eigenvalue weighted by molar-refractivity contribution is 5.87. The summed E-state index contributed by atoms with van der Waals surface area (Å²) < 4.78 is 93.0. The summed E-state index contributed by atoms with van der Waals surface area (Å²) in [6.07, 6.45) is -0.161. The Morgan fingerprint density at radius 3 is 1.81 bits per heavy atom. The Kier molecular flexibility index (Phi) is 10.1. The van der Waals surface area contributed by atoms with Gasteiger partial charge in [0.1, 0.15) is 6.54 Å². The number of ether oxygens (including phenoxy) is 1. The van der Waals surface area contributed by atoms with Crippen LogP contribution in [0.25, 0.3) is 0 Å². The van der Waals surface area contributed by atoms with Crippen molar-refractivity contribution in [1.29, 1.82) is 0 Å². The number of rotatable bonds is 12. The van der Waals surface area contributed by atoms with Crippen molar-refractivity contribution in [3.63, 3.8) is 0 Å². The molecule has 0 aliphatic rings. The van der Waals surface area contributed by atoms with Crippen LogP contribution in [0.3, 0.4) is 0 Å². The number of esters is 1. The molecule has 0 N–H and O–H groups in total. The first-order valence-corrected chi connectivity index (χ1v) is 8.52. The normalized spacial score (nSPS) is 12.8. The quantitative estimate of drug-likeness (QED) is 0.269. The summed E-state index contributed by atoms with van der Waals surface area (Å²) >= 11 is 0. The van der Waals surface area contributed by atoms with E-state index in [2.05, 4.69) is 11.7 Å². The number of alkyl halides is 7. The summed E-state index contributed by atoms with van der Waals surface area (Å²) in [6, 6.07) is 0. The number of amides is 1. The smallest absolute Gasteiger partial charge is 0.460 e. The van der Waals surface area contributed by atoms with E-state index >= 15 is 0 Å². The molecule has 4 nitrogen and oxygen atoms in total. The van der Waals surface area contributed by atoms with Crippen molar-refractivity contribution in [2.45, 2.75) is 69.9 Å². The third-order valence-electron chi connectivity index (χ3n) is 3.74. The van der Waals surface area contributed by atoms with Crippen LogP contribution in [0.15, 0.2) is 0 Å². The Hall–Kier alpha value is -1.55. The number of carbonyl (C=O) groups is 2. The lowest BCUT2D eigenvalue weighted by Crippen LogP contribution is -2.60. The van der Waals surface area contributed by atoms with Crippen LogP contribution >= 0.6 is 0 Å². The van der Waals surface area contributed by atoms with E-state index in [4.69, 9.17) is 0 Å². The maximum atomic E-state index is 13.3. The van der Waals surface area contributed by atoms with E-state index in [0.717, 1.165) is 38.5 Å². The van der Waals surface area contributed by atoms with Gasteiger partial charge in [0, 0.05) is 7.05 Å². The number of halogens is 7. The Bertz CT molecular complexity index is 481. The summed E-state index contributed by atoms with van der Waals surface area (Å²) in [5, 5.41) is 0. The lowest BCUT2D eigenvalue weighted by Gasteiger charge is -2.29. The number of carbonyl (C=O) groups excluding carboxylic acids is 2. The highest BCUT2D eigenvalue weighted by Crippen LogP contribution is 2.47. The molecule has 0 aromatic rings. The molecule has 0 bridgehead atoms. The molecule has 0 aromatic carbocycles. The second-order valence-electron chi connectivity index (χ2n) is 6.15. The Balaban J connectivity index is 4.37. The molecule has 0 aliphatic carbocycles. The average Bonchev–Trinajstić information content (AvgIpc) is 2.55. The minimum Gasteiger partial charge on any atom is -0.464 e. The van der Waals surface area contributed by atoms with Gasteiger partial charge in [0.25, 0.3) is 5.91 Å². The Morgan fingerprint density at radius 2 is 1.33 bits per heavy atom. The molecule has 0 saturated heterocycles. The lowest BCUT2D eigenvalue weighted by atomic mass is 10.1. The van der Waals surface area contributed by atoms with Gasteiger partial charge < -0.3 is 9.64 Å². The van der Waals surface area contributed by atoms with Crippen molar-refractivity contribution in [2.24, 2.45) is 0 Å². The van der Waals surface area contributed by atoms with E-state index in [-0.39, 0.29) is 11.5 Å². The molecule has 0 radical (unpaired) electrons. The molecule has 11 heteroatoms. The maximum absolute atomic E-state index is 13.3. The van der Waals surface area contributed by atoms with E-state index in [1.54, 1.807) is 0 Å². The van der Waals surface area contributed by atoms with Crippen LogP contribution in [0.1, 0.15) is 51.9 Å². The number of hydrogen-bond acceptors (Lipinski definition) is 3. The third-order valence-corrected chi connectivity index (χ3v) is 3.74. The molecular weight excluding hydrogens is 387 g/mol. The average molecular weight is 411 g/mol. The topological polar surface area (TPSA) is 46.6 Å². The van der Waals surface area contributed by atoms with Gasteiger partial charge in [-0.05, 0) is 6.42 Å². The van der Waals surface area contributed by atoms with Gasteiger partial charge in [0.05, 0.1) is 6.61 Å². The SMILES string of the molecule is CCCCCCCCCOC(=O)CN(C)C(=O)C(F)(F)C(F)(F)C(F)(F)F. The fraction of sp³-hybridized carbons (Fsp3) is 0.875. The molecule has 0 unspecified atom stereocenters. The van der Waals surface area contributed by atoms with Gasteiger partial charge >= 0.3 is 24.0 Å². The molecule has 160 valence electrons. The lowest BCUT2D eigenvalue weighted by molar-refractivity contribution is -0.345. The fourth-order valence-corrected chi connectivity index (χ4v) is 2.11. The number of likely N-dealkylation sites (N-methyl/N-ethyl adjacent to an activating group) is 1. The van der Waals surface area contributed by atoms with E-state index < -0.39 is 36.4 Å². The molecule has 0 spiro atoms. The van der Waals surface area contributed by atoms with Crippen molar-refractivity contribution < 1.29 is 45.1 Å². The van der Waals surface area contributed by atoms with E-state index in [9.17, 15) is 40.3 Å². The summed E-state index contributed by atoms with van der Waals surface area (Å²) in [5.74, 6) is -16.6. The molecule has 1 amide bonds. The first-order chi connectivity index (χ1) is 12.3. The van der Waals surface area contributed by atoms with Crippen LogP contribution < -0.4 is 0 Å². The van der Waals surface area contributed by atoms with Crippen molar-refractivity contribution in [1.82, 2.24) is 4.90 Å². The zero-order valence-electron chi connectivity index (χ0n) is 15.2. The van der Waals surface area contributed by atoms with Crippen LogP contribution in [0.5, 0.6) is 0 Å². The van der Waals surface area contributed by atoms with E-state index in [0.29, 0.717) is 13.5 Å². The van der Waals surface area contributed by atoms with Crippen LogP contribution in [-0.2, 0) is 14.3 Å². The zero-order chi connectivity index (χ0) is 21.3. The molecular formula is C16H24F7NO3. The van der Waals surface area contributed by atoms with Crippen LogP contribution in [-0.4, -0.2) is 55.0 Å². The molecule has 0 saturated carbocycles. The third kappa shape index (κ3) is 7.53. The van der Waals surface area contributed by atoms with Crippen LogP contribution in [0.4, 0.5) is 30.7 Å². The van der Waals surface area contributed by atoms with Gasteiger partial charge in [-0.25, -0.2) is 0 Å². The second kappa shape index (κ2) is 10.7. The standard InChI is InChI=1S/C16H24F7NO3/c1-3-4-5-6-7-8-9-10-27-12(25)11-24(2)13(26)14(17,18)15(19,20)16(21,22)23/h3-11H2,1-2H3. The van der Waals surface area contributed by atoms with Crippen LogP contribution in [0.2, 0.25) is 0 Å². The maximum Gasteiger partial charge on any atom is 0.460 e. The largest absolute Gasteiger partial charge is 0.464 e. The molecule has 0 aliphatic heterocycles. The molecule has 0 heterocycles. The van der Waals surface area contributed by atoms with Crippen molar-refractivity contribution in [3.8, 4) is 0 Å². The fourth-order valence-electron chi connectivity index (χ4n) is 2.11. The van der Waals surface area contributed by atoms with Gasteiger partial charge in [-0.2, -0.15) is 30.7 Å². The van der Waals surface area contributed by atoms with Gasteiger partial charge in [-0.1, -0.05) is 45.4 Å². The predicted octanol–water partition coefficient (Wildman–Crippen LogP) is 4.57. The predicted molar refractivity (Wildman–Crippen MR) is 82.5 cm³/mol. The first-order valence-electron chi connectivity index (χ1n) is 8.52. The summed E-state index contributed by atoms with van der Waals surface area (Å²) in [7, 11) is 0.512. The molecule has 27 heavy (non-hydrogen) atoms. The van der Waals surface area contributed by atoms with Gasteiger partial charge in [-0.15, -0.1) is 0 Å². The van der Waals surface area contributed by atoms with Gasteiger partial charge in [-0.3, -0.25) is 9.59 Å². The monoisotopic (exact) mass is 411 g/mol. The number of unbranched alkanes of at least 4 members (excludes halogenated alkanes) is 6. The van der Waals surface area contributed by atoms with Crippen LogP contribution in [0, 0.1) is 0 Å². The molecule has 0 atom stereocenters. The minimum absolute atomic E-state index is 0.0657. The van der Waals surface area contributed by atoms with Crippen molar-refractivity contribution in [2.75, 3.05) is 20.2 Å². The molecule has 0 aromatic heterocycles. The zero-order valence-corrected chi connectivity index (χ0v) is 15.2. The second-order valence-corrected chi connectivity index (χ2v) is 6.15. The summed E-state index contributed by atoms with van der Waals surface area (Å²) in [6.45, 7) is 0.837. The number of hydrogen-bond donors (Lipinski definition) is 0. The first kappa shape index (κ1) is 25.4. The molecule has 0 rings (SSSR count). The van der Waals surface area contributed by atoms with Gasteiger partial charge in [0.15, 0.2) is 0 Å². The summed E-state index contributed by atoms with van der Waals surface area (Å²) in [4.78, 5) is 22.5. The van der Waals surface area contributed by atoms with Gasteiger partial charge in [0.2, 0.25) is 0 Å². The minimum atomic E-state index is -6.62. The number of nitrogens with zero attached hydrogens (tertiary/aromatic N) is 1. The van der Waals surface area contributed by atoms with E-state index in [1.807, 2.05) is 0 Å². The Labute approximate surface area is 153 Å². The van der Waals surface area contributed by atoms with Crippen molar-refractivity contribution >= 4 is 11.9 Å². The highest BCUT2D eigenvalue weighted by atomic mass is 19.4. The molecule has 0 fully saturated rings. The highest BCUT2D eigenvalue weighted by Gasteiger charge is 2.76. The summed E-state index contributed by atoms with van der Waals surface area (Å²) in [5.41, 5.74) is 0. The van der Waals surface area contributed by atoms with Crippen molar-refractivity contribution in [3.05, 3.63) is 0 Å². The Morgan fingerprint density at radius 1 is 0.852 bits per heavy atom.